The topological polar surface area (TPSA) is 89.0 Å². The van der Waals surface area contributed by atoms with Gasteiger partial charge in [0, 0.05) is 18.2 Å². The first-order valence-electron chi connectivity index (χ1n) is 10.2. The summed E-state index contributed by atoms with van der Waals surface area (Å²) in [6.07, 6.45) is 3.30. The zero-order valence-electron chi connectivity index (χ0n) is 17.0. The summed E-state index contributed by atoms with van der Waals surface area (Å²) in [5.74, 6) is 0.757. The number of aromatic nitrogens is 3. The maximum atomic E-state index is 13.2. The van der Waals surface area contributed by atoms with Crippen molar-refractivity contribution in [2.45, 2.75) is 43.6 Å². The normalized spacial score (nSPS) is 23.6. The molecule has 1 fully saturated rings. The summed E-state index contributed by atoms with van der Waals surface area (Å²) in [4.78, 5) is 30.3. The SMILES string of the molecule is CC1(C)C[C@@H](n2[nH]c(=O)c3c2NC(=O)CS[C@@H]3c2cccc3cccnc23)CCO1. The molecule has 1 amide bonds. The van der Waals surface area contributed by atoms with Crippen molar-refractivity contribution in [1.29, 1.82) is 0 Å². The van der Waals surface area contributed by atoms with E-state index in [4.69, 9.17) is 4.74 Å². The highest BCUT2D eigenvalue weighted by Gasteiger charge is 2.36. The fourth-order valence-electron chi connectivity index (χ4n) is 4.52. The first-order chi connectivity index (χ1) is 14.4. The maximum Gasteiger partial charge on any atom is 0.270 e. The Morgan fingerprint density at radius 1 is 1.23 bits per heavy atom. The fraction of sp³-hybridized carbons (Fsp3) is 0.409. The number of anilines is 1. The van der Waals surface area contributed by atoms with Gasteiger partial charge >= 0.3 is 0 Å². The number of benzene rings is 1. The average Bonchev–Trinajstić information content (AvgIpc) is 2.93. The molecule has 1 saturated heterocycles. The van der Waals surface area contributed by atoms with Crippen molar-refractivity contribution in [3.63, 3.8) is 0 Å². The highest BCUT2D eigenvalue weighted by molar-refractivity contribution is 8.00. The lowest BCUT2D eigenvalue weighted by Crippen LogP contribution is -2.36. The van der Waals surface area contributed by atoms with E-state index in [2.05, 4.69) is 29.2 Å². The van der Waals surface area contributed by atoms with Gasteiger partial charge in [-0.3, -0.25) is 24.4 Å². The number of pyridine rings is 1. The van der Waals surface area contributed by atoms with Crippen LogP contribution in [0, 0.1) is 0 Å². The van der Waals surface area contributed by atoms with E-state index in [1.807, 2.05) is 35.0 Å². The Balaban J connectivity index is 1.66. The molecular weight excluding hydrogens is 400 g/mol. The summed E-state index contributed by atoms with van der Waals surface area (Å²) in [7, 11) is 0. The third kappa shape index (κ3) is 3.33. The number of ether oxygens (including phenoxy) is 1. The molecule has 0 radical (unpaired) electrons. The molecule has 4 heterocycles. The van der Waals surface area contributed by atoms with Crippen LogP contribution >= 0.6 is 11.8 Å². The molecule has 7 nitrogen and oxygen atoms in total. The summed E-state index contributed by atoms with van der Waals surface area (Å²) >= 11 is 1.47. The number of carbonyl (C=O) groups excluding carboxylic acids is 1. The molecule has 5 rings (SSSR count). The predicted octanol–water partition coefficient (Wildman–Crippen LogP) is 3.63. The van der Waals surface area contributed by atoms with E-state index >= 15 is 0 Å². The van der Waals surface area contributed by atoms with Gasteiger partial charge in [-0.15, -0.1) is 11.8 Å². The van der Waals surface area contributed by atoms with Crippen molar-refractivity contribution in [2.75, 3.05) is 17.7 Å². The van der Waals surface area contributed by atoms with Gasteiger partial charge in [-0.1, -0.05) is 24.3 Å². The zero-order chi connectivity index (χ0) is 20.9. The van der Waals surface area contributed by atoms with E-state index in [9.17, 15) is 9.59 Å². The van der Waals surface area contributed by atoms with Crippen molar-refractivity contribution in [2.24, 2.45) is 0 Å². The lowest BCUT2D eigenvalue weighted by Gasteiger charge is -2.36. The van der Waals surface area contributed by atoms with E-state index in [1.54, 1.807) is 6.20 Å². The number of nitrogens with zero attached hydrogens (tertiary/aromatic N) is 2. The Hall–Kier alpha value is -2.58. The Morgan fingerprint density at radius 2 is 2.07 bits per heavy atom. The number of thioether (sulfide) groups is 1. The van der Waals surface area contributed by atoms with Gasteiger partial charge in [0.2, 0.25) is 5.91 Å². The molecule has 0 bridgehead atoms. The number of aromatic amines is 1. The number of carbonyl (C=O) groups is 1. The van der Waals surface area contributed by atoms with E-state index in [-0.39, 0.29) is 34.1 Å². The van der Waals surface area contributed by atoms with Crippen LogP contribution in [0.5, 0.6) is 0 Å². The van der Waals surface area contributed by atoms with Crippen LogP contribution < -0.4 is 10.9 Å². The van der Waals surface area contributed by atoms with Gasteiger partial charge in [0.25, 0.3) is 5.56 Å². The Bertz CT molecular complexity index is 1180. The third-order valence-electron chi connectivity index (χ3n) is 5.85. The van der Waals surface area contributed by atoms with Crippen LogP contribution in [0.3, 0.4) is 0 Å². The smallest absolute Gasteiger partial charge is 0.270 e. The van der Waals surface area contributed by atoms with Crippen molar-refractivity contribution in [3.8, 4) is 0 Å². The third-order valence-corrected chi connectivity index (χ3v) is 7.10. The van der Waals surface area contributed by atoms with Crippen LogP contribution in [-0.2, 0) is 9.53 Å². The summed E-state index contributed by atoms with van der Waals surface area (Å²) < 4.78 is 7.71. The van der Waals surface area contributed by atoms with E-state index in [0.717, 1.165) is 29.3 Å². The molecule has 2 aliphatic heterocycles. The molecule has 0 spiro atoms. The minimum absolute atomic E-state index is 0.0555. The van der Waals surface area contributed by atoms with Gasteiger partial charge in [0.15, 0.2) is 0 Å². The van der Waals surface area contributed by atoms with Crippen molar-refractivity contribution < 1.29 is 9.53 Å². The van der Waals surface area contributed by atoms with Gasteiger partial charge < -0.3 is 10.1 Å². The maximum absolute atomic E-state index is 13.2. The molecule has 0 aliphatic carbocycles. The standard InChI is InChI=1S/C22H24N4O3S/c1-22(2)11-14(8-10-29-22)26-20-17(21(28)25-26)19(30-12-16(27)24-20)15-7-3-5-13-6-4-9-23-18(13)15/h3-7,9,14,19H,8,10-12H2,1-2H3,(H,24,27)(H,25,28)/t14-,19+/m0/s1. The van der Waals surface area contributed by atoms with E-state index in [1.165, 1.54) is 11.8 Å². The zero-order valence-corrected chi connectivity index (χ0v) is 17.8. The summed E-state index contributed by atoms with van der Waals surface area (Å²) in [5.41, 5.74) is 1.96. The van der Waals surface area contributed by atoms with E-state index < -0.39 is 0 Å². The monoisotopic (exact) mass is 424 g/mol. The minimum Gasteiger partial charge on any atom is -0.375 e. The number of nitrogens with one attached hydrogen (secondary N) is 2. The molecule has 2 aliphatic rings. The molecule has 2 atom stereocenters. The Labute approximate surface area is 178 Å². The minimum atomic E-state index is -0.282. The number of hydrogen-bond acceptors (Lipinski definition) is 5. The highest BCUT2D eigenvalue weighted by Crippen LogP contribution is 2.43. The average molecular weight is 425 g/mol. The fourth-order valence-corrected chi connectivity index (χ4v) is 5.67. The van der Waals surface area contributed by atoms with Crippen molar-refractivity contribution in [1.82, 2.24) is 14.8 Å². The Morgan fingerprint density at radius 3 is 2.90 bits per heavy atom. The number of H-pyrrole nitrogens is 1. The molecular formula is C22H24N4O3S. The molecule has 30 heavy (non-hydrogen) atoms. The van der Waals surface area contributed by atoms with Gasteiger partial charge in [-0.05, 0) is 38.3 Å². The van der Waals surface area contributed by atoms with Gasteiger partial charge in [0.1, 0.15) is 5.82 Å². The van der Waals surface area contributed by atoms with E-state index in [0.29, 0.717) is 18.0 Å². The second kappa shape index (κ2) is 7.28. The van der Waals surface area contributed by atoms with Crippen LogP contribution in [-0.4, -0.2) is 38.6 Å². The molecule has 0 unspecified atom stereocenters. The van der Waals surface area contributed by atoms with Crippen LogP contribution in [0.1, 0.15) is 49.1 Å². The first-order valence-corrected chi connectivity index (χ1v) is 11.2. The molecule has 2 N–H and O–H groups in total. The molecule has 156 valence electrons. The van der Waals surface area contributed by atoms with Crippen molar-refractivity contribution in [3.05, 3.63) is 58.0 Å². The van der Waals surface area contributed by atoms with Crippen LogP contribution in [0.25, 0.3) is 10.9 Å². The van der Waals surface area contributed by atoms with Gasteiger partial charge in [-0.25, -0.2) is 0 Å². The van der Waals surface area contributed by atoms with Crippen LogP contribution in [0.15, 0.2) is 41.3 Å². The van der Waals surface area contributed by atoms with Crippen molar-refractivity contribution >= 4 is 34.4 Å². The molecule has 3 aromatic rings. The molecule has 1 aromatic carbocycles. The number of hydrogen-bond donors (Lipinski definition) is 2. The Kier molecular flexibility index (Phi) is 4.71. The largest absolute Gasteiger partial charge is 0.375 e. The van der Waals surface area contributed by atoms with Gasteiger partial charge in [0.05, 0.1) is 33.7 Å². The molecule has 0 saturated carbocycles. The number of amides is 1. The number of para-hydroxylation sites is 1. The predicted molar refractivity (Wildman–Crippen MR) is 118 cm³/mol. The second-order valence-corrected chi connectivity index (χ2v) is 9.58. The molecule has 8 heteroatoms. The van der Waals surface area contributed by atoms with Crippen LogP contribution in [0.4, 0.5) is 5.82 Å². The lowest BCUT2D eigenvalue weighted by molar-refractivity contribution is -0.113. The first kappa shape index (κ1) is 19.4. The number of rotatable bonds is 2. The quantitative estimate of drug-likeness (QED) is 0.656. The summed E-state index contributed by atoms with van der Waals surface area (Å²) in [5, 5.41) is 6.75. The second-order valence-electron chi connectivity index (χ2n) is 8.49. The van der Waals surface area contributed by atoms with Crippen LogP contribution in [0.2, 0.25) is 0 Å². The molecule has 2 aromatic heterocycles. The summed E-state index contributed by atoms with van der Waals surface area (Å²) in [6, 6.07) is 9.96. The highest BCUT2D eigenvalue weighted by atomic mass is 32.2. The number of fused-ring (bicyclic) bond motifs is 2. The van der Waals surface area contributed by atoms with Gasteiger partial charge in [-0.2, -0.15) is 0 Å². The summed E-state index contributed by atoms with van der Waals surface area (Å²) in [6.45, 7) is 4.73. The lowest BCUT2D eigenvalue weighted by atomic mass is 9.94.